The zero-order chi connectivity index (χ0) is 14.8. The number of rotatable bonds is 3. The van der Waals surface area contributed by atoms with Crippen LogP contribution in [0.3, 0.4) is 0 Å². The molecule has 0 saturated heterocycles. The summed E-state index contributed by atoms with van der Waals surface area (Å²) in [6.07, 6.45) is 0.702. The molecule has 0 aliphatic carbocycles. The van der Waals surface area contributed by atoms with Crippen LogP contribution >= 0.6 is 0 Å². The number of primary amides is 1. The Morgan fingerprint density at radius 2 is 2.14 bits per heavy atom. The van der Waals surface area contributed by atoms with Crippen molar-refractivity contribution in [3.8, 4) is 0 Å². The van der Waals surface area contributed by atoms with Crippen molar-refractivity contribution in [3.05, 3.63) is 46.8 Å². The molecule has 1 aromatic carbocycles. The summed E-state index contributed by atoms with van der Waals surface area (Å²) in [5, 5.41) is 9.55. The summed E-state index contributed by atoms with van der Waals surface area (Å²) in [6.45, 7) is 0.965. The van der Waals surface area contributed by atoms with Gasteiger partial charge in [-0.1, -0.05) is 12.1 Å². The van der Waals surface area contributed by atoms with E-state index in [9.17, 15) is 9.59 Å². The van der Waals surface area contributed by atoms with Crippen molar-refractivity contribution in [2.24, 2.45) is 5.73 Å². The number of benzene rings is 1. The third kappa shape index (κ3) is 2.50. The van der Waals surface area contributed by atoms with Gasteiger partial charge in [-0.2, -0.15) is 5.10 Å². The van der Waals surface area contributed by atoms with E-state index in [1.807, 2.05) is 0 Å². The second kappa shape index (κ2) is 5.37. The van der Waals surface area contributed by atoms with Crippen LogP contribution < -0.4 is 11.1 Å². The molecule has 0 saturated carbocycles. The second-order valence-electron chi connectivity index (χ2n) is 4.70. The molecule has 0 unspecified atom stereocenters. The van der Waals surface area contributed by atoms with Crippen molar-refractivity contribution in [1.29, 1.82) is 0 Å². The highest BCUT2D eigenvalue weighted by molar-refractivity contribution is 6.08. The van der Waals surface area contributed by atoms with Crippen molar-refractivity contribution in [3.63, 3.8) is 0 Å². The monoisotopic (exact) mass is 286 g/mol. The highest BCUT2D eigenvalue weighted by atomic mass is 16.5. The molecule has 21 heavy (non-hydrogen) atoms. The number of nitrogens with zero attached hydrogens (tertiary/aromatic N) is 1. The van der Waals surface area contributed by atoms with Gasteiger partial charge in [0.25, 0.3) is 11.8 Å². The fraction of sp³-hybridized carbons (Fsp3) is 0.214. The van der Waals surface area contributed by atoms with Crippen molar-refractivity contribution in [1.82, 2.24) is 10.2 Å². The van der Waals surface area contributed by atoms with Crippen LogP contribution in [0.25, 0.3) is 0 Å². The van der Waals surface area contributed by atoms with Gasteiger partial charge in [-0.15, -0.1) is 0 Å². The molecule has 3 rings (SSSR count). The van der Waals surface area contributed by atoms with Gasteiger partial charge in [-0.05, 0) is 12.1 Å². The molecular weight excluding hydrogens is 272 g/mol. The first kappa shape index (κ1) is 13.3. The minimum Gasteiger partial charge on any atom is -0.376 e. The Balaban J connectivity index is 1.87. The predicted molar refractivity (Wildman–Crippen MR) is 74.9 cm³/mol. The standard InChI is InChI=1S/C14H14N4O3/c15-13(19)8-3-1-2-4-10(8)16-14(20)12-9-7-21-6-5-11(9)17-18-12/h1-4H,5-7H2,(H2,15,19)(H,16,20)(H,17,18). The van der Waals surface area contributed by atoms with E-state index >= 15 is 0 Å². The molecule has 0 spiro atoms. The highest BCUT2D eigenvalue weighted by Gasteiger charge is 2.23. The summed E-state index contributed by atoms with van der Waals surface area (Å²) in [5.41, 5.74) is 7.86. The van der Waals surface area contributed by atoms with Gasteiger partial charge in [-0.25, -0.2) is 0 Å². The van der Waals surface area contributed by atoms with Crippen LogP contribution in [0.1, 0.15) is 32.1 Å². The number of carbonyl (C=O) groups is 2. The van der Waals surface area contributed by atoms with Crippen molar-refractivity contribution >= 4 is 17.5 Å². The predicted octanol–water partition coefficient (Wildman–Crippen LogP) is 0.834. The van der Waals surface area contributed by atoms with Gasteiger partial charge < -0.3 is 15.8 Å². The summed E-state index contributed by atoms with van der Waals surface area (Å²) in [7, 11) is 0. The first-order valence-electron chi connectivity index (χ1n) is 6.51. The average molecular weight is 286 g/mol. The van der Waals surface area contributed by atoms with Crippen LogP contribution in [-0.2, 0) is 17.8 Å². The van der Waals surface area contributed by atoms with E-state index in [-0.39, 0.29) is 11.3 Å². The third-order valence-corrected chi connectivity index (χ3v) is 3.35. The normalized spacial score (nSPS) is 13.5. The molecule has 4 N–H and O–H groups in total. The summed E-state index contributed by atoms with van der Waals surface area (Å²) < 4.78 is 5.34. The third-order valence-electron chi connectivity index (χ3n) is 3.35. The largest absolute Gasteiger partial charge is 0.376 e. The highest BCUT2D eigenvalue weighted by Crippen LogP contribution is 2.20. The van der Waals surface area contributed by atoms with E-state index in [0.717, 1.165) is 11.3 Å². The zero-order valence-electron chi connectivity index (χ0n) is 11.2. The van der Waals surface area contributed by atoms with E-state index in [0.29, 0.717) is 25.3 Å². The maximum Gasteiger partial charge on any atom is 0.276 e. The van der Waals surface area contributed by atoms with E-state index in [2.05, 4.69) is 15.5 Å². The van der Waals surface area contributed by atoms with Crippen LogP contribution in [-0.4, -0.2) is 28.6 Å². The Morgan fingerprint density at radius 3 is 2.95 bits per heavy atom. The van der Waals surface area contributed by atoms with Crippen molar-refractivity contribution < 1.29 is 14.3 Å². The molecule has 2 amide bonds. The SMILES string of the molecule is NC(=O)c1ccccc1NC(=O)c1n[nH]c2c1COCC2. The number of aromatic amines is 1. The lowest BCUT2D eigenvalue weighted by Crippen LogP contribution is -2.20. The Labute approximate surface area is 120 Å². The van der Waals surface area contributed by atoms with Gasteiger partial charge >= 0.3 is 0 Å². The van der Waals surface area contributed by atoms with Gasteiger partial charge in [-0.3, -0.25) is 14.7 Å². The molecule has 1 aliphatic heterocycles. The van der Waals surface area contributed by atoms with Crippen LogP contribution in [0.2, 0.25) is 0 Å². The molecule has 2 aromatic rings. The maximum atomic E-state index is 12.3. The minimum atomic E-state index is -0.599. The van der Waals surface area contributed by atoms with Crippen LogP contribution in [0.4, 0.5) is 5.69 Å². The molecule has 0 bridgehead atoms. The molecule has 7 nitrogen and oxygen atoms in total. The number of H-pyrrole nitrogens is 1. The lowest BCUT2D eigenvalue weighted by molar-refractivity contribution is 0.0985. The van der Waals surface area contributed by atoms with Crippen LogP contribution in [0, 0.1) is 0 Å². The Morgan fingerprint density at radius 1 is 1.33 bits per heavy atom. The fourth-order valence-electron chi connectivity index (χ4n) is 2.29. The smallest absolute Gasteiger partial charge is 0.276 e. The van der Waals surface area contributed by atoms with E-state index in [4.69, 9.17) is 10.5 Å². The van der Waals surface area contributed by atoms with Crippen LogP contribution in [0.5, 0.6) is 0 Å². The van der Waals surface area contributed by atoms with Crippen molar-refractivity contribution in [2.45, 2.75) is 13.0 Å². The number of nitrogens with two attached hydrogens (primary N) is 1. The first-order chi connectivity index (χ1) is 10.2. The Hall–Kier alpha value is -2.67. The summed E-state index contributed by atoms with van der Waals surface area (Å²) in [6, 6.07) is 6.57. The lowest BCUT2D eigenvalue weighted by Gasteiger charge is -2.12. The molecule has 0 fully saturated rings. The first-order valence-corrected chi connectivity index (χ1v) is 6.51. The molecule has 108 valence electrons. The summed E-state index contributed by atoms with van der Waals surface area (Å²) in [4.78, 5) is 23.7. The molecule has 0 atom stereocenters. The number of carbonyl (C=O) groups excluding carboxylic acids is 2. The number of fused-ring (bicyclic) bond motifs is 1. The number of ether oxygens (including phenoxy) is 1. The van der Waals surface area contributed by atoms with E-state index in [1.54, 1.807) is 24.3 Å². The molecular formula is C14H14N4O3. The molecule has 2 heterocycles. The molecule has 0 radical (unpaired) electrons. The number of aromatic nitrogens is 2. The number of para-hydroxylation sites is 1. The quantitative estimate of drug-likeness (QED) is 0.776. The minimum absolute atomic E-state index is 0.256. The average Bonchev–Trinajstić information content (AvgIpc) is 2.91. The fourth-order valence-corrected chi connectivity index (χ4v) is 2.29. The Bertz CT molecular complexity index is 708. The number of hydrogen-bond acceptors (Lipinski definition) is 4. The van der Waals surface area contributed by atoms with Crippen LogP contribution in [0.15, 0.2) is 24.3 Å². The van der Waals surface area contributed by atoms with Crippen molar-refractivity contribution in [2.75, 3.05) is 11.9 Å². The van der Waals surface area contributed by atoms with E-state index in [1.165, 1.54) is 0 Å². The molecule has 1 aliphatic rings. The van der Waals surface area contributed by atoms with Gasteiger partial charge in [0, 0.05) is 17.7 Å². The summed E-state index contributed by atoms with van der Waals surface area (Å²) >= 11 is 0. The number of hydrogen-bond donors (Lipinski definition) is 3. The Kier molecular flexibility index (Phi) is 3.41. The number of nitrogens with one attached hydrogen (secondary N) is 2. The molecule has 1 aromatic heterocycles. The maximum absolute atomic E-state index is 12.3. The summed E-state index contributed by atoms with van der Waals surface area (Å²) in [5.74, 6) is -0.995. The topological polar surface area (TPSA) is 110 Å². The van der Waals surface area contributed by atoms with Gasteiger partial charge in [0.1, 0.15) is 0 Å². The zero-order valence-corrected chi connectivity index (χ0v) is 11.2. The van der Waals surface area contributed by atoms with Gasteiger partial charge in [0.05, 0.1) is 24.5 Å². The second-order valence-corrected chi connectivity index (χ2v) is 4.70. The van der Waals surface area contributed by atoms with Gasteiger partial charge in [0.15, 0.2) is 5.69 Å². The number of anilines is 1. The molecule has 7 heteroatoms. The van der Waals surface area contributed by atoms with Gasteiger partial charge in [0.2, 0.25) is 0 Å². The van der Waals surface area contributed by atoms with E-state index < -0.39 is 11.8 Å². The lowest BCUT2D eigenvalue weighted by atomic mass is 10.1. The number of amides is 2.